The van der Waals surface area contributed by atoms with Gasteiger partial charge in [0.05, 0.1) is 25.6 Å². The summed E-state index contributed by atoms with van der Waals surface area (Å²) < 4.78 is 38.5. The Morgan fingerprint density at radius 1 is 1.27 bits per heavy atom. The van der Waals surface area contributed by atoms with Crippen molar-refractivity contribution in [3.05, 3.63) is 65.4 Å². The van der Waals surface area contributed by atoms with Gasteiger partial charge in [0.15, 0.2) is 5.75 Å². The maximum atomic E-state index is 13.6. The van der Waals surface area contributed by atoms with Gasteiger partial charge < -0.3 is 14.8 Å². The minimum absolute atomic E-state index is 0.0760. The lowest BCUT2D eigenvalue weighted by molar-refractivity contribution is -0.118. The summed E-state index contributed by atoms with van der Waals surface area (Å²) in [5, 5.41) is 2.78. The highest BCUT2D eigenvalue weighted by Gasteiger charge is 2.62. The zero-order chi connectivity index (χ0) is 23.6. The van der Waals surface area contributed by atoms with Crippen LogP contribution in [0, 0.1) is 36.9 Å². The average Bonchev–Trinajstić information content (AvgIpc) is 3.52. The molecule has 2 aliphatic rings. The van der Waals surface area contributed by atoms with E-state index in [2.05, 4.69) is 20.3 Å². The highest BCUT2D eigenvalue weighted by Crippen LogP contribution is 2.60. The van der Waals surface area contributed by atoms with Gasteiger partial charge in [-0.1, -0.05) is 6.08 Å². The number of anilines is 1. The first-order valence-corrected chi connectivity index (χ1v) is 10.7. The number of carbonyl (C=O) groups is 1. The molecule has 174 valence electrons. The minimum atomic E-state index is -0.526. The molecule has 7 nitrogen and oxygen atoms in total. The van der Waals surface area contributed by atoms with Crippen LogP contribution in [0.15, 0.2) is 42.5 Å². The average molecular weight is 456 g/mol. The van der Waals surface area contributed by atoms with Crippen molar-refractivity contribution in [3.8, 4) is 5.75 Å². The van der Waals surface area contributed by atoms with E-state index in [1.165, 1.54) is 18.2 Å². The topological polar surface area (TPSA) is 86.2 Å². The van der Waals surface area contributed by atoms with Crippen LogP contribution in [0.5, 0.6) is 5.75 Å². The van der Waals surface area contributed by atoms with Crippen LogP contribution in [0.3, 0.4) is 0 Å². The number of nitrogens with one attached hydrogen (secondary N) is 1. The van der Waals surface area contributed by atoms with Gasteiger partial charge in [-0.25, -0.2) is 23.7 Å². The summed E-state index contributed by atoms with van der Waals surface area (Å²) in [6.45, 7) is 3.89. The summed E-state index contributed by atoms with van der Waals surface area (Å²) in [6, 6.07) is 1.49. The van der Waals surface area contributed by atoms with E-state index in [1.54, 1.807) is 33.2 Å². The number of pyridine rings is 1. The third-order valence-electron chi connectivity index (χ3n) is 6.25. The van der Waals surface area contributed by atoms with Crippen LogP contribution >= 0.6 is 0 Å². The van der Waals surface area contributed by atoms with Crippen molar-refractivity contribution in [2.45, 2.75) is 33.3 Å². The molecule has 2 aliphatic carbocycles. The van der Waals surface area contributed by atoms with Crippen molar-refractivity contribution in [2.24, 2.45) is 17.3 Å². The van der Waals surface area contributed by atoms with Crippen molar-refractivity contribution in [2.75, 3.05) is 19.0 Å². The van der Waals surface area contributed by atoms with E-state index in [0.717, 1.165) is 6.20 Å². The van der Waals surface area contributed by atoms with Gasteiger partial charge in [-0.3, -0.25) is 4.79 Å². The molecule has 2 aromatic heterocycles. The van der Waals surface area contributed by atoms with Gasteiger partial charge in [0.2, 0.25) is 5.91 Å². The van der Waals surface area contributed by atoms with Gasteiger partial charge in [-0.05, 0) is 56.4 Å². The Hall–Kier alpha value is -3.20. The molecule has 0 bridgehead atoms. The number of allylic oxidation sites excluding steroid dienone is 4. The number of rotatable bonds is 8. The molecule has 1 fully saturated rings. The van der Waals surface area contributed by atoms with E-state index in [0.29, 0.717) is 41.5 Å². The number of aromatic nitrogens is 3. The lowest BCUT2D eigenvalue weighted by Crippen LogP contribution is -2.30. The molecule has 0 aromatic carbocycles. The summed E-state index contributed by atoms with van der Waals surface area (Å²) in [6.07, 6.45) is 8.47. The SMILES string of the molecule is COCc1nc(C)ncc1OC[C@@]1(C2C=CC(F)=CC2)C[C@H]1C(=O)Nc1cc(C)c(F)cn1. The van der Waals surface area contributed by atoms with Crippen molar-refractivity contribution in [3.63, 3.8) is 0 Å². The molecule has 4 rings (SSSR count). The maximum absolute atomic E-state index is 13.6. The first kappa shape index (κ1) is 23.0. The number of hydrogen-bond acceptors (Lipinski definition) is 6. The summed E-state index contributed by atoms with van der Waals surface area (Å²) in [7, 11) is 1.57. The Labute approximate surface area is 191 Å². The van der Waals surface area contributed by atoms with Crippen LogP contribution in [-0.2, 0) is 16.1 Å². The van der Waals surface area contributed by atoms with Crippen LogP contribution < -0.4 is 10.1 Å². The van der Waals surface area contributed by atoms with E-state index in [4.69, 9.17) is 9.47 Å². The highest BCUT2D eigenvalue weighted by molar-refractivity contribution is 5.94. The number of aryl methyl sites for hydroxylation is 2. The van der Waals surface area contributed by atoms with E-state index in [1.807, 2.05) is 0 Å². The van der Waals surface area contributed by atoms with E-state index in [-0.39, 0.29) is 36.8 Å². The predicted molar refractivity (Wildman–Crippen MR) is 118 cm³/mol. The fourth-order valence-electron chi connectivity index (χ4n) is 4.27. The number of nitrogens with zero attached hydrogens (tertiary/aromatic N) is 3. The summed E-state index contributed by atoms with van der Waals surface area (Å²) >= 11 is 0. The summed E-state index contributed by atoms with van der Waals surface area (Å²) in [5.74, 6) is -0.00686. The molecule has 1 saturated carbocycles. The smallest absolute Gasteiger partial charge is 0.229 e. The molecule has 0 radical (unpaired) electrons. The van der Waals surface area contributed by atoms with E-state index in [9.17, 15) is 13.6 Å². The number of carbonyl (C=O) groups excluding carboxylic acids is 1. The molecule has 0 spiro atoms. The highest BCUT2D eigenvalue weighted by atomic mass is 19.1. The number of amides is 1. The molecular formula is C24H26F2N4O3. The molecule has 0 aliphatic heterocycles. The Morgan fingerprint density at radius 3 is 2.79 bits per heavy atom. The quantitative estimate of drug-likeness (QED) is 0.640. The lowest BCUT2D eigenvalue weighted by Gasteiger charge is -2.27. The normalized spacial score (nSPS) is 23.7. The van der Waals surface area contributed by atoms with Crippen LogP contribution in [0.2, 0.25) is 0 Å². The number of ether oxygens (including phenoxy) is 2. The van der Waals surface area contributed by atoms with Crippen LogP contribution in [0.1, 0.15) is 29.9 Å². The third-order valence-corrected chi connectivity index (χ3v) is 6.25. The van der Waals surface area contributed by atoms with Gasteiger partial charge >= 0.3 is 0 Å². The maximum Gasteiger partial charge on any atom is 0.229 e. The van der Waals surface area contributed by atoms with Gasteiger partial charge in [0.1, 0.15) is 29.0 Å². The standard InChI is InChI=1S/C24H26F2N4O3/c1-14-8-22(28-10-19(14)26)30-23(31)18-9-24(18,16-4-6-17(25)7-5-16)13-33-21-11-27-15(2)29-20(21)12-32-3/h4,6-8,10-11,16,18H,5,9,12-13H2,1-3H3,(H,28,30,31)/t16?,18-,24+/m0/s1. The molecule has 2 heterocycles. The second kappa shape index (κ2) is 9.35. The Bertz CT molecular complexity index is 1120. The second-order valence-electron chi connectivity index (χ2n) is 8.54. The predicted octanol–water partition coefficient (Wildman–Crippen LogP) is 4.23. The van der Waals surface area contributed by atoms with Crippen molar-refractivity contribution < 1.29 is 23.0 Å². The van der Waals surface area contributed by atoms with E-state index >= 15 is 0 Å². The monoisotopic (exact) mass is 456 g/mol. The zero-order valence-electron chi connectivity index (χ0n) is 18.8. The molecule has 3 atom stereocenters. The van der Waals surface area contributed by atoms with Crippen LogP contribution in [0.25, 0.3) is 0 Å². The molecule has 1 amide bonds. The Morgan fingerprint density at radius 2 is 2.09 bits per heavy atom. The van der Waals surface area contributed by atoms with Gasteiger partial charge in [0, 0.05) is 18.4 Å². The summed E-state index contributed by atoms with van der Waals surface area (Å²) in [4.78, 5) is 25.6. The lowest BCUT2D eigenvalue weighted by atomic mass is 9.82. The molecular weight excluding hydrogens is 430 g/mol. The number of halogens is 2. The second-order valence-corrected chi connectivity index (χ2v) is 8.54. The third kappa shape index (κ3) is 4.93. The number of hydrogen-bond donors (Lipinski definition) is 1. The fraction of sp³-hybridized carbons (Fsp3) is 0.417. The Balaban J connectivity index is 1.53. The first-order valence-electron chi connectivity index (χ1n) is 10.7. The fourth-order valence-corrected chi connectivity index (χ4v) is 4.27. The molecule has 0 saturated heterocycles. The van der Waals surface area contributed by atoms with Gasteiger partial charge in [-0.2, -0.15) is 0 Å². The molecule has 9 heteroatoms. The molecule has 33 heavy (non-hydrogen) atoms. The zero-order valence-corrected chi connectivity index (χ0v) is 18.8. The largest absolute Gasteiger partial charge is 0.489 e. The Kier molecular flexibility index (Phi) is 6.51. The van der Waals surface area contributed by atoms with E-state index < -0.39 is 11.2 Å². The van der Waals surface area contributed by atoms with Crippen molar-refractivity contribution >= 4 is 11.7 Å². The number of methoxy groups -OCH3 is 1. The van der Waals surface area contributed by atoms with Crippen LogP contribution in [0.4, 0.5) is 14.6 Å². The molecule has 1 unspecified atom stereocenters. The van der Waals surface area contributed by atoms with Gasteiger partial charge in [0.25, 0.3) is 0 Å². The first-order chi connectivity index (χ1) is 15.8. The summed E-state index contributed by atoms with van der Waals surface area (Å²) in [5.41, 5.74) is 0.492. The van der Waals surface area contributed by atoms with Crippen LogP contribution in [-0.4, -0.2) is 34.6 Å². The molecule has 2 aromatic rings. The molecule has 1 N–H and O–H groups in total. The minimum Gasteiger partial charge on any atom is -0.489 e. The van der Waals surface area contributed by atoms with Crippen molar-refractivity contribution in [1.82, 2.24) is 15.0 Å². The van der Waals surface area contributed by atoms with Gasteiger partial charge in [-0.15, -0.1) is 0 Å². The van der Waals surface area contributed by atoms with Crippen molar-refractivity contribution in [1.29, 1.82) is 0 Å².